The Hall–Kier alpha value is -3.30. The van der Waals surface area contributed by atoms with Crippen molar-refractivity contribution in [2.24, 2.45) is 0 Å². The van der Waals surface area contributed by atoms with Crippen molar-refractivity contribution in [2.45, 2.75) is 44.3 Å². The molecule has 2 aromatic carbocycles. The van der Waals surface area contributed by atoms with Crippen molar-refractivity contribution in [2.75, 3.05) is 36.1 Å². The van der Waals surface area contributed by atoms with Gasteiger partial charge >= 0.3 is 0 Å². The van der Waals surface area contributed by atoms with Crippen molar-refractivity contribution in [3.8, 4) is 0 Å². The number of hydrogen-bond donors (Lipinski definition) is 0. The van der Waals surface area contributed by atoms with Gasteiger partial charge in [-0.1, -0.05) is 12.1 Å². The zero-order valence-electron chi connectivity index (χ0n) is 18.7. The average Bonchev–Trinajstić information content (AvgIpc) is 3.40. The number of anilines is 2. The number of imide groups is 1. The fourth-order valence-corrected chi connectivity index (χ4v) is 5.73. The quantitative estimate of drug-likeness (QED) is 0.389. The molecule has 9 heteroatoms. The lowest BCUT2D eigenvalue weighted by Gasteiger charge is -2.38. The Labute approximate surface area is 196 Å². The maximum Gasteiger partial charge on any atom is 0.293 e. The van der Waals surface area contributed by atoms with Crippen molar-refractivity contribution in [3.05, 3.63) is 62.7 Å². The maximum absolute atomic E-state index is 13.5. The third-order valence-corrected chi connectivity index (χ3v) is 7.47. The van der Waals surface area contributed by atoms with Crippen molar-refractivity contribution in [1.29, 1.82) is 0 Å². The first-order valence-corrected chi connectivity index (χ1v) is 11.8. The number of carbonyl (C=O) groups is 2. The zero-order chi connectivity index (χ0) is 23.4. The number of carbonyl (C=O) groups excluding carboxylic acids is 2. The van der Waals surface area contributed by atoms with Crippen LogP contribution in [0.1, 0.15) is 57.5 Å². The van der Waals surface area contributed by atoms with E-state index in [1.54, 1.807) is 6.07 Å². The van der Waals surface area contributed by atoms with Crippen LogP contribution in [0.3, 0.4) is 0 Å². The summed E-state index contributed by atoms with van der Waals surface area (Å²) in [6, 6.07) is 8.51. The van der Waals surface area contributed by atoms with Crippen LogP contribution in [0, 0.1) is 10.1 Å². The number of amides is 2. The summed E-state index contributed by atoms with van der Waals surface area (Å²) in [4.78, 5) is 41.4. The van der Waals surface area contributed by atoms with Crippen molar-refractivity contribution >= 4 is 28.9 Å². The van der Waals surface area contributed by atoms with E-state index in [9.17, 15) is 19.7 Å². The molecule has 1 aliphatic carbocycles. The van der Waals surface area contributed by atoms with Crippen LogP contribution in [0.4, 0.5) is 17.1 Å². The van der Waals surface area contributed by atoms with E-state index in [4.69, 9.17) is 9.47 Å². The van der Waals surface area contributed by atoms with E-state index in [0.29, 0.717) is 50.5 Å². The molecule has 0 unspecified atom stereocenters. The van der Waals surface area contributed by atoms with E-state index in [2.05, 4.69) is 0 Å². The molecule has 1 spiro atoms. The molecule has 0 radical (unpaired) electrons. The van der Waals surface area contributed by atoms with Crippen LogP contribution in [0.25, 0.3) is 0 Å². The Morgan fingerprint density at radius 3 is 2.29 bits per heavy atom. The summed E-state index contributed by atoms with van der Waals surface area (Å²) in [5, 5.41) is 12.0. The van der Waals surface area contributed by atoms with Gasteiger partial charge in [0.05, 0.1) is 35.0 Å². The van der Waals surface area contributed by atoms with Crippen molar-refractivity contribution in [1.82, 2.24) is 0 Å². The normalized spacial score (nSPS) is 21.2. The summed E-state index contributed by atoms with van der Waals surface area (Å²) in [7, 11) is 0. The molecular formula is C25H25N3O6. The third-order valence-electron chi connectivity index (χ3n) is 7.47. The third kappa shape index (κ3) is 3.22. The van der Waals surface area contributed by atoms with Crippen LogP contribution >= 0.6 is 0 Å². The Morgan fingerprint density at radius 1 is 0.912 bits per heavy atom. The smallest absolute Gasteiger partial charge is 0.293 e. The molecule has 34 heavy (non-hydrogen) atoms. The highest BCUT2D eigenvalue weighted by Crippen LogP contribution is 2.41. The van der Waals surface area contributed by atoms with Gasteiger partial charge < -0.3 is 14.4 Å². The largest absolute Gasteiger partial charge is 0.366 e. The van der Waals surface area contributed by atoms with E-state index in [-0.39, 0.29) is 16.8 Å². The summed E-state index contributed by atoms with van der Waals surface area (Å²) >= 11 is 0. The summed E-state index contributed by atoms with van der Waals surface area (Å²) in [6.45, 7) is 2.10. The monoisotopic (exact) mass is 463 g/mol. The van der Waals surface area contributed by atoms with Crippen LogP contribution in [0.5, 0.6) is 0 Å². The number of benzene rings is 2. The molecule has 2 saturated heterocycles. The van der Waals surface area contributed by atoms with Gasteiger partial charge in [-0.05, 0) is 48.9 Å². The van der Waals surface area contributed by atoms with Gasteiger partial charge in [0.2, 0.25) is 0 Å². The molecule has 0 saturated carbocycles. The average molecular weight is 463 g/mol. The summed E-state index contributed by atoms with van der Waals surface area (Å²) in [5.74, 6) is -1.54. The molecule has 3 heterocycles. The highest BCUT2D eigenvalue weighted by atomic mass is 16.7. The maximum atomic E-state index is 13.5. The van der Waals surface area contributed by atoms with E-state index in [0.717, 1.165) is 36.8 Å². The second kappa shape index (κ2) is 7.89. The van der Waals surface area contributed by atoms with E-state index in [1.165, 1.54) is 17.0 Å². The number of hydrogen-bond acceptors (Lipinski definition) is 7. The van der Waals surface area contributed by atoms with Crippen LogP contribution in [0.2, 0.25) is 0 Å². The predicted molar refractivity (Wildman–Crippen MR) is 123 cm³/mol. The molecular weight excluding hydrogens is 438 g/mol. The fraction of sp³-hybridized carbons (Fsp3) is 0.440. The number of nitro groups is 1. The van der Waals surface area contributed by atoms with Crippen LogP contribution in [-0.4, -0.2) is 48.8 Å². The van der Waals surface area contributed by atoms with Gasteiger partial charge in [-0.25, -0.2) is 4.90 Å². The van der Waals surface area contributed by atoms with E-state index >= 15 is 0 Å². The molecule has 2 fully saturated rings. The fourth-order valence-electron chi connectivity index (χ4n) is 5.73. The molecule has 2 aromatic rings. The first-order chi connectivity index (χ1) is 16.5. The second-order valence-electron chi connectivity index (χ2n) is 9.31. The van der Waals surface area contributed by atoms with Crippen molar-refractivity contribution in [3.63, 3.8) is 0 Å². The van der Waals surface area contributed by atoms with Crippen molar-refractivity contribution < 1.29 is 24.0 Å². The number of rotatable bonds is 3. The number of piperidine rings is 1. The lowest BCUT2D eigenvalue weighted by Crippen LogP contribution is -2.45. The Bertz CT molecular complexity index is 1210. The lowest BCUT2D eigenvalue weighted by atomic mass is 9.90. The molecule has 6 rings (SSSR count). The van der Waals surface area contributed by atoms with Gasteiger partial charge in [0.15, 0.2) is 5.79 Å². The molecule has 0 N–H and O–H groups in total. The molecule has 176 valence electrons. The predicted octanol–water partition coefficient (Wildman–Crippen LogP) is 3.62. The minimum absolute atomic E-state index is 0.0878. The summed E-state index contributed by atoms with van der Waals surface area (Å²) < 4.78 is 11.5. The molecule has 4 aliphatic rings. The summed E-state index contributed by atoms with van der Waals surface area (Å²) in [6.07, 6.45) is 4.98. The highest BCUT2D eigenvalue weighted by Gasteiger charge is 2.43. The minimum atomic E-state index is -0.614. The van der Waals surface area contributed by atoms with Gasteiger partial charge in [-0.2, -0.15) is 0 Å². The Kier molecular flexibility index (Phi) is 4.93. The van der Waals surface area contributed by atoms with Crippen LogP contribution in [-0.2, 0) is 22.3 Å². The van der Waals surface area contributed by atoms with Crippen LogP contribution < -0.4 is 9.80 Å². The summed E-state index contributed by atoms with van der Waals surface area (Å²) in [5.41, 5.74) is 3.28. The SMILES string of the molecule is O=C1c2cc(N3CCC4(CC3)OCCO4)c([N+](=O)[O-])cc2C(=O)N1c1cccc2c1CCCC2. The molecule has 3 aliphatic heterocycles. The van der Waals surface area contributed by atoms with Gasteiger partial charge in [0, 0.05) is 32.0 Å². The first kappa shape index (κ1) is 21.2. The minimum Gasteiger partial charge on any atom is -0.366 e. The van der Waals surface area contributed by atoms with Gasteiger partial charge in [0.25, 0.3) is 17.5 Å². The highest BCUT2D eigenvalue weighted by molar-refractivity contribution is 6.35. The molecule has 0 atom stereocenters. The van der Waals surface area contributed by atoms with Gasteiger partial charge in [-0.15, -0.1) is 0 Å². The standard InChI is InChI=1S/C25H25N3O6/c29-23-18-14-21(26-10-8-25(9-11-26)33-12-13-34-25)22(28(31)32)15-19(18)24(30)27(23)20-7-3-5-16-4-1-2-6-17(16)20/h3,5,7,14-15H,1-2,4,6,8-13H2. The van der Waals surface area contributed by atoms with E-state index in [1.807, 2.05) is 17.0 Å². The molecule has 2 amide bonds. The first-order valence-electron chi connectivity index (χ1n) is 11.8. The second-order valence-corrected chi connectivity index (χ2v) is 9.31. The number of nitrogens with zero attached hydrogens (tertiary/aromatic N) is 3. The molecule has 0 aromatic heterocycles. The topological polar surface area (TPSA) is 102 Å². The van der Waals surface area contributed by atoms with Gasteiger partial charge in [-0.3, -0.25) is 19.7 Å². The van der Waals surface area contributed by atoms with Gasteiger partial charge in [0.1, 0.15) is 5.69 Å². The zero-order valence-corrected chi connectivity index (χ0v) is 18.7. The van der Waals surface area contributed by atoms with E-state index < -0.39 is 22.5 Å². The Morgan fingerprint density at radius 2 is 1.59 bits per heavy atom. The lowest BCUT2D eigenvalue weighted by molar-refractivity contribution is -0.384. The number of fused-ring (bicyclic) bond motifs is 2. The number of aryl methyl sites for hydroxylation is 1. The Balaban J connectivity index is 1.37. The number of ether oxygens (including phenoxy) is 2. The van der Waals surface area contributed by atoms with Crippen LogP contribution in [0.15, 0.2) is 30.3 Å². The molecule has 0 bridgehead atoms. The molecule has 9 nitrogen and oxygen atoms in total. The number of nitro benzene ring substituents is 1.